The van der Waals surface area contributed by atoms with Gasteiger partial charge in [-0.1, -0.05) is 0 Å². The summed E-state index contributed by atoms with van der Waals surface area (Å²) in [7, 11) is -3.72. The lowest BCUT2D eigenvalue weighted by Crippen LogP contribution is -2.46. The number of nitrogens with one attached hydrogen (secondary N) is 1. The number of halogens is 1. The van der Waals surface area contributed by atoms with Crippen LogP contribution in [0.15, 0.2) is 35.2 Å². The number of likely N-dealkylation sites (tertiary alicyclic amines) is 1. The minimum atomic E-state index is -3.72. The summed E-state index contributed by atoms with van der Waals surface area (Å²) in [5.41, 5.74) is 4.63. The zero-order valence-electron chi connectivity index (χ0n) is 19.0. The third kappa shape index (κ3) is 5.06. The molecule has 8 nitrogen and oxygen atoms in total. The van der Waals surface area contributed by atoms with Crippen molar-refractivity contribution in [3.63, 3.8) is 0 Å². The number of nitrogens with zero attached hydrogens (tertiary/aromatic N) is 4. The number of aryl methyl sites for hydroxylation is 3. The fourth-order valence-corrected chi connectivity index (χ4v) is 5.65. The molecule has 0 bridgehead atoms. The van der Waals surface area contributed by atoms with Crippen LogP contribution in [-0.2, 0) is 21.2 Å². The molecule has 1 aliphatic rings. The molecule has 3 heterocycles. The SMILES string of the molecule is Cc1cc2nc(C)c(CCC(=O)N3CCC(NS(=O)(=O)c4ccc(F)cc4)CC3)c(C)n2n1. The third-order valence-corrected chi connectivity index (χ3v) is 7.70. The average molecular weight is 474 g/mol. The van der Waals surface area contributed by atoms with Crippen LogP contribution in [0.5, 0.6) is 0 Å². The van der Waals surface area contributed by atoms with E-state index in [-0.39, 0.29) is 16.8 Å². The zero-order chi connectivity index (χ0) is 23.8. The van der Waals surface area contributed by atoms with E-state index in [1.165, 1.54) is 12.1 Å². The summed E-state index contributed by atoms with van der Waals surface area (Å²) in [4.78, 5) is 19.2. The fourth-order valence-electron chi connectivity index (χ4n) is 4.34. The first-order valence-electron chi connectivity index (χ1n) is 11.0. The zero-order valence-corrected chi connectivity index (χ0v) is 19.8. The summed E-state index contributed by atoms with van der Waals surface area (Å²) >= 11 is 0. The van der Waals surface area contributed by atoms with Crippen LogP contribution in [0.25, 0.3) is 5.65 Å². The molecule has 33 heavy (non-hydrogen) atoms. The van der Waals surface area contributed by atoms with E-state index in [2.05, 4.69) is 14.8 Å². The molecule has 1 N–H and O–H groups in total. The van der Waals surface area contributed by atoms with Crippen molar-refractivity contribution in [2.24, 2.45) is 0 Å². The van der Waals surface area contributed by atoms with Gasteiger partial charge in [0, 0.05) is 43.0 Å². The average Bonchev–Trinajstić information content (AvgIpc) is 3.14. The first-order chi connectivity index (χ1) is 15.6. The summed E-state index contributed by atoms with van der Waals surface area (Å²) in [6, 6.07) is 6.42. The Morgan fingerprint density at radius 1 is 1.15 bits per heavy atom. The number of amides is 1. The van der Waals surface area contributed by atoms with Crippen LogP contribution in [0.2, 0.25) is 0 Å². The molecule has 1 amide bonds. The monoisotopic (exact) mass is 473 g/mol. The van der Waals surface area contributed by atoms with Crippen molar-refractivity contribution in [1.29, 1.82) is 0 Å². The lowest BCUT2D eigenvalue weighted by molar-refractivity contribution is -0.132. The molecule has 2 aromatic heterocycles. The van der Waals surface area contributed by atoms with Crippen molar-refractivity contribution in [3.8, 4) is 0 Å². The van der Waals surface area contributed by atoms with Gasteiger partial charge in [-0.3, -0.25) is 4.79 Å². The highest BCUT2D eigenvalue weighted by Gasteiger charge is 2.27. The normalized spacial score (nSPS) is 15.3. The van der Waals surface area contributed by atoms with E-state index >= 15 is 0 Å². The fraction of sp³-hybridized carbons (Fsp3) is 0.435. The van der Waals surface area contributed by atoms with Crippen LogP contribution in [0.3, 0.4) is 0 Å². The van der Waals surface area contributed by atoms with Gasteiger partial charge in [-0.2, -0.15) is 5.10 Å². The number of hydrogen-bond donors (Lipinski definition) is 1. The van der Waals surface area contributed by atoms with Crippen LogP contribution >= 0.6 is 0 Å². The number of hydrogen-bond acceptors (Lipinski definition) is 5. The molecular weight excluding hydrogens is 445 g/mol. The second kappa shape index (κ2) is 9.18. The van der Waals surface area contributed by atoms with Crippen molar-refractivity contribution in [2.75, 3.05) is 13.1 Å². The van der Waals surface area contributed by atoms with Crippen LogP contribution < -0.4 is 4.72 Å². The van der Waals surface area contributed by atoms with E-state index < -0.39 is 15.8 Å². The van der Waals surface area contributed by atoms with E-state index in [4.69, 9.17) is 0 Å². The Balaban J connectivity index is 1.33. The standard InChI is InChI=1S/C23H28FN5O3S/c1-15-14-22-25-16(2)21(17(3)29(22)26-15)8-9-23(30)28-12-10-19(11-13-28)27-33(31,32)20-6-4-18(24)5-7-20/h4-7,14,19,27H,8-13H2,1-3H3. The molecule has 3 aromatic rings. The number of sulfonamides is 1. The number of rotatable bonds is 6. The van der Waals surface area contributed by atoms with E-state index in [1.54, 1.807) is 4.90 Å². The van der Waals surface area contributed by atoms with Gasteiger partial charge in [0.15, 0.2) is 5.65 Å². The summed E-state index contributed by atoms with van der Waals surface area (Å²) in [5.74, 6) is -0.438. The van der Waals surface area contributed by atoms with Gasteiger partial charge in [0.25, 0.3) is 0 Å². The third-order valence-electron chi connectivity index (χ3n) is 6.17. The Hall–Kier alpha value is -2.85. The molecule has 4 rings (SSSR count). The minimum absolute atomic E-state index is 0.0334. The van der Waals surface area contributed by atoms with Crippen LogP contribution in [0.4, 0.5) is 4.39 Å². The Morgan fingerprint density at radius 3 is 2.48 bits per heavy atom. The molecule has 0 atom stereocenters. The number of carbonyl (C=O) groups excluding carboxylic acids is 1. The maximum atomic E-state index is 13.1. The Labute approximate surface area is 192 Å². The molecule has 1 aromatic carbocycles. The molecule has 10 heteroatoms. The largest absolute Gasteiger partial charge is 0.343 e. The van der Waals surface area contributed by atoms with Crippen LogP contribution in [0, 0.1) is 26.6 Å². The molecule has 1 fully saturated rings. The molecule has 0 unspecified atom stereocenters. The predicted molar refractivity (Wildman–Crippen MR) is 122 cm³/mol. The lowest BCUT2D eigenvalue weighted by Gasteiger charge is -2.32. The van der Waals surface area contributed by atoms with E-state index in [1.807, 2.05) is 31.4 Å². The Bertz CT molecular complexity index is 1280. The quantitative estimate of drug-likeness (QED) is 0.594. The number of fused-ring (bicyclic) bond motifs is 1. The van der Waals surface area contributed by atoms with Crippen molar-refractivity contribution < 1.29 is 17.6 Å². The van der Waals surface area contributed by atoms with E-state index in [0.29, 0.717) is 38.8 Å². The molecular formula is C23H28FN5O3S. The Morgan fingerprint density at radius 2 is 1.82 bits per heavy atom. The summed E-state index contributed by atoms with van der Waals surface area (Å²) < 4.78 is 42.6. The number of aromatic nitrogens is 3. The molecule has 0 radical (unpaired) electrons. The smallest absolute Gasteiger partial charge is 0.240 e. The second-order valence-electron chi connectivity index (χ2n) is 8.55. The highest BCUT2D eigenvalue weighted by Crippen LogP contribution is 2.20. The molecule has 1 aliphatic heterocycles. The van der Waals surface area contributed by atoms with Gasteiger partial charge >= 0.3 is 0 Å². The van der Waals surface area contributed by atoms with E-state index in [9.17, 15) is 17.6 Å². The minimum Gasteiger partial charge on any atom is -0.343 e. The molecule has 176 valence electrons. The molecule has 0 saturated carbocycles. The summed E-state index contributed by atoms with van der Waals surface area (Å²) in [5, 5.41) is 4.48. The van der Waals surface area contributed by atoms with Gasteiger partial charge in [-0.25, -0.2) is 27.0 Å². The summed E-state index contributed by atoms with van der Waals surface area (Å²) in [6.07, 6.45) is 2.01. The number of piperidine rings is 1. The van der Waals surface area contributed by atoms with Gasteiger partial charge in [-0.15, -0.1) is 0 Å². The maximum absolute atomic E-state index is 13.1. The first kappa shape index (κ1) is 23.3. The molecule has 1 saturated heterocycles. The predicted octanol–water partition coefficient (Wildman–Crippen LogP) is 2.70. The highest BCUT2D eigenvalue weighted by atomic mass is 32.2. The van der Waals surface area contributed by atoms with Crippen molar-refractivity contribution >= 4 is 21.6 Å². The van der Waals surface area contributed by atoms with Crippen LogP contribution in [0.1, 0.15) is 41.9 Å². The van der Waals surface area contributed by atoms with Gasteiger partial charge < -0.3 is 4.90 Å². The number of benzene rings is 1. The van der Waals surface area contributed by atoms with E-state index in [0.717, 1.165) is 40.4 Å². The van der Waals surface area contributed by atoms with Crippen molar-refractivity contribution in [2.45, 2.75) is 57.4 Å². The second-order valence-corrected chi connectivity index (χ2v) is 10.3. The first-order valence-corrected chi connectivity index (χ1v) is 12.5. The molecule has 0 aliphatic carbocycles. The highest BCUT2D eigenvalue weighted by molar-refractivity contribution is 7.89. The topological polar surface area (TPSA) is 96.7 Å². The van der Waals surface area contributed by atoms with Crippen LogP contribution in [-0.4, -0.2) is 53.0 Å². The summed E-state index contributed by atoms with van der Waals surface area (Å²) in [6.45, 7) is 6.85. The number of carbonyl (C=O) groups is 1. The Kier molecular flexibility index (Phi) is 6.49. The lowest BCUT2D eigenvalue weighted by atomic mass is 10.0. The maximum Gasteiger partial charge on any atom is 0.240 e. The van der Waals surface area contributed by atoms with Gasteiger partial charge in [0.05, 0.1) is 10.6 Å². The van der Waals surface area contributed by atoms with Gasteiger partial charge in [0.2, 0.25) is 15.9 Å². The molecule has 0 spiro atoms. The van der Waals surface area contributed by atoms with Gasteiger partial charge in [-0.05, 0) is 69.9 Å². The van der Waals surface area contributed by atoms with Crippen molar-refractivity contribution in [3.05, 3.63) is 58.8 Å². The van der Waals surface area contributed by atoms with Crippen molar-refractivity contribution in [1.82, 2.24) is 24.2 Å². The van der Waals surface area contributed by atoms with Gasteiger partial charge in [0.1, 0.15) is 5.82 Å².